The third kappa shape index (κ3) is 6.03. The molecule has 2 aromatic rings. The zero-order chi connectivity index (χ0) is 19.2. The molecule has 0 atom stereocenters. The minimum Gasteiger partial charge on any atom is -0.440 e. The number of hydrogen-bond donors (Lipinski definition) is 1. The van der Waals surface area contributed by atoms with Crippen molar-refractivity contribution in [2.45, 2.75) is 19.5 Å². The molecule has 140 valence electrons. The Morgan fingerprint density at radius 2 is 1.96 bits per heavy atom. The first-order valence-corrected chi connectivity index (χ1v) is 8.42. The normalized spacial score (nSPS) is 11.1. The molecule has 0 bridgehead atoms. The number of alkyl carbamates (subject to hydrolysis) is 1. The molecule has 6 nitrogen and oxygen atoms in total. The van der Waals surface area contributed by atoms with E-state index in [2.05, 4.69) is 15.0 Å². The van der Waals surface area contributed by atoms with E-state index < -0.39 is 18.9 Å². The predicted molar refractivity (Wildman–Crippen MR) is 90.5 cm³/mol. The molecule has 1 aromatic heterocycles. The van der Waals surface area contributed by atoms with E-state index in [1.807, 2.05) is 0 Å². The fourth-order valence-corrected chi connectivity index (χ4v) is 2.80. The highest BCUT2D eigenvalue weighted by atomic mass is 32.1. The lowest BCUT2D eigenvalue weighted by atomic mass is 10.2. The summed E-state index contributed by atoms with van der Waals surface area (Å²) in [5.74, 6) is -0.360. The van der Waals surface area contributed by atoms with Gasteiger partial charge >= 0.3 is 12.3 Å². The first-order valence-electron chi connectivity index (χ1n) is 7.54. The third-order valence-electron chi connectivity index (χ3n) is 3.04. The number of nitrogens with zero attached hydrogens (tertiary/aromatic N) is 2. The van der Waals surface area contributed by atoms with Crippen LogP contribution in [0.3, 0.4) is 0 Å². The van der Waals surface area contributed by atoms with E-state index in [-0.39, 0.29) is 18.9 Å². The Kier molecular flexibility index (Phi) is 6.56. The maximum atomic E-state index is 12.6. The van der Waals surface area contributed by atoms with Gasteiger partial charge in [0.15, 0.2) is 11.7 Å². The standard InChI is InChI=1S/C16H16F3N3O3S/c1-11-9-26-14(21-11)22(12-5-3-2-4-6-12)13(23)7-8-20-15(24)25-10-16(17,18)19/h2-6,9H,7-8,10H2,1H3,(H,20,24). The highest BCUT2D eigenvalue weighted by Gasteiger charge is 2.29. The molecule has 1 N–H and O–H groups in total. The minimum absolute atomic E-state index is 0.130. The van der Waals surface area contributed by atoms with Gasteiger partial charge in [-0.15, -0.1) is 11.3 Å². The van der Waals surface area contributed by atoms with Crippen LogP contribution in [0.25, 0.3) is 0 Å². The molecule has 0 unspecified atom stereocenters. The molecule has 26 heavy (non-hydrogen) atoms. The van der Waals surface area contributed by atoms with Gasteiger partial charge in [-0.3, -0.25) is 9.69 Å². The molecule has 0 aliphatic heterocycles. The lowest BCUT2D eigenvalue weighted by molar-refractivity contribution is -0.160. The molecule has 0 radical (unpaired) electrons. The Morgan fingerprint density at radius 1 is 1.27 bits per heavy atom. The van der Waals surface area contributed by atoms with E-state index in [1.54, 1.807) is 42.6 Å². The van der Waals surface area contributed by atoms with E-state index in [9.17, 15) is 22.8 Å². The fourth-order valence-electron chi connectivity index (χ4n) is 1.96. The SMILES string of the molecule is Cc1csc(N(C(=O)CCNC(=O)OCC(F)(F)F)c2ccccc2)n1. The van der Waals surface area contributed by atoms with Crippen molar-refractivity contribution in [1.29, 1.82) is 0 Å². The summed E-state index contributed by atoms with van der Waals surface area (Å²) >= 11 is 1.29. The van der Waals surface area contributed by atoms with Crippen LogP contribution in [0.15, 0.2) is 35.7 Å². The Morgan fingerprint density at radius 3 is 2.54 bits per heavy atom. The van der Waals surface area contributed by atoms with Crippen molar-refractivity contribution in [3.05, 3.63) is 41.4 Å². The molecule has 0 saturated carbocycles. The predicted octanol–water partition coefficient (Wildman–Crippen LogP) is 3.79. The maximum Gasteiger partial charge on any atom is 0.422 e. The van der Waals surface area contributed by atoms with Gasteiger partial charge in [0.25, 0.3) is 0 Å². The smallest absolute Gasteiger partial charge is 0.422 e. The number of hydrogen-bond acceptors (Lipinski definition) is 5. The molecule has 2 rings (SSSR count). The van der Waals surface area contributed by atoms with E-state index in [0.717, 1.165) is 5.69 Å². The quantitative estimate of drug-likeness (QED) is 0.819. The van der Waals surface area contributed by atoms with Crippen molar-refractivity contribution in [3.63, 3.8) is 0 Å². The molecular weight excluding hydrogens is 371 g/mol. The lowest BCUT2D eigenvalue weighted by Gasteiger charge is -2.20. The Hall–Kier alpha value is -2.62. The van der Waals surface area contributed by atoms with Crippen molar-refractivity contribution >= 4 is 34.2 Å². The molecule has 1 aromatic carbocycles. The van der Waals surface area contributed by atoms with E-state index in [0.29, 0.717) is 10.8 Å². The molecule has 10 heteroatoms. The van der Waals surface area contributed by atoms with E-state index >= 15 is 0 Å². The number of para-hydroxylation sites is 1. The summed E-state index contributed by atoms with van der Waals surface area (Å²) in [4.78, 5) is 29.5. The van der Waals surface area contributed by atoms with Crippen LogP contribution in [-0.4, -0.2) is 36.3 Å². The van der Waals surface area contributed by atoms with E-state index in [4.69, 9.17) is 0 Å². The summed E-state index contributed by atoms with van der Waals surface area (Å²) in [5, 5.41) is 4.39. The van der Waals surface area contributed by atoms with Gasteiger partial charge in [0.1, 0.15) is 0 Å². The number of aryl methyl sites for hydroxylation is 1. The fraction of sp³-hybridized carbons (Fsp3) is 0.312. The van der Waals surface area contributed by atoms with Crippen LogP contribution in [0, 0.1) is 6.92 Å². The monoisotopic (exact) mass is 387 g/mol. The average molecular weight is 387 g/mol. The van der Waals surface area contributed by atoms with Crippen molar-refractivity contribution in [1.82, 2.24) is 10.3 Å². The zero-order valence-electron chi connectivity index (χ0n) is 13.7. The van der Waals surface area contributed by atoms with Gasteiger partial charge in [0, 0.05) is 18.3 Å². The Balaban J connectivity index is 1.96. The Labute approximate surface area is 151 Å². The average Bonchev–Trinajstić information content (AvgIpc) is 2.99. The van der Waals surface area contributed by atoms with Crippen molar-refractivity contribution in [2.75, 3.05) is 18.1 Å². The number of alkyl halides is 3. The number of thiazole rings is 1. The lowest BCUT2D eigenvalue weighted by Crippen LogP contribution is -2.33. The van der Waals surface area contributed by atoms with Gasteiger partial charge in [0.2, 0.25) is 5.91 Å². The summed E-state index contributed by atoms with van der Waals surface area (Å²) in [7, 11) is 0. The second-order valence-corrected chi connectivity index (χ2v) is 6.04. The molecule has 0 spiro atoms. The molecule has 0 aliphatic rings. The summed E-state index contributed by atoms with van der Waals surface area (Å²) in [6.07, 6.45) is -5.96. The second kappa shape index (κ2) is 8.65. The number of rotatable bonds is 6. The molecular formula is C16H16F3N3O3S. The van der Waals surface area contributed by atoms with Crippen molar-refractivity contribution < 1.29 is 27.5 Å². The second-order valence-electron chi connectivity index (χ2n) is 5.20. The zero-order valence-corrected chi connectivity index (χ0v) is 14.6. The van der Waals surface area contributed by atoms with Crippen LogP contribution in [0.4, 0.5) is 28.8 Å². The summed E-state index contributed by atoms with van der Waals surface area (Å²) in [6, 6.07) is 8.81. The molecule has 0 fully saturated rings. The Bertz CT molecular complexity index is 750. The van der Waals surface area contributed by atoms with Crippen LogP contribution in [0.1, 0.15) is 12.1 Å². The highest BCUT2D eigenvalue weighted by Crippen LogP contribution is 2.29. The minimum atomic E-state index is -4.60. The summed E-state index contributed by atoms with van der Waals surface area (Å²) in [5.41, 5.74) is 1.36. The number of carbonyl (C=O) groups excluding carboxylic acids is 2. The maximum absolute atomic E-state index is 12.6. The van der Waals surface area contributed by atoms with Crippen LogP contribution in [0.2, 0.25) is 0 Å². The number of ether oxygens (including phenoxy) is 1. The van der Waals surface area contributed by atoms with Gasteiger partial charge < -0.3 is 10.1 Å². The van der Waals surface area contributed by atoms with Gasteiger partial charge in [-0.1, -0.05) is 18.2 Å². The number of halogens is 3. The first-order chi connectivity index (χ1) is 12.3. The number of aromatic nitrogens is 1. The van der Waals surface area contributed by atoms with Gasteiger partial charge in [0.05, 0.1) is 11.4 Å². The largest absolute Gasteiger partial charge is 0.440 e. The van der Waals surface area contributed by atoms with Gasteiger partial charge in [-0.25, -0.2) is 9.78 Å². The van der Waals surface area contributed by atoms with E-state index in [1.165, 1.54) is 16.2 Å². The summed E-state index contributed by atoms with van der Waals surface area (Å²) < 4.78 is 39.9. The topological polar surface area (TPSA) is 71.5 Å². The van der Waals surface area contributed by atoms with Crippen LogP contribution in [0.5, 0.6) is 0 Å². The van der Waals surface area contributed by atoms with Gasteiger partial charge in [-0.2, -0.15) is 13.2 Å². The van der Waals surface area contributed by atoms with Crippen molar-refractivity contribution in [2.24, 2.45) is 0 Å². The number of benzene rings is 1. The van der Waals surface area contributed by atoms with Gasteiger partial charge in [-0.05, 0) is 19.1 Å². The third-order valence-corrected chi connectivity index (χ3v) is 3.98. The highest BCUT2D eigenvalue weighted by molar-refractivity contribution is 7.14. The molecule has 0 aliphatic carbocycles. The first kappa shape index (κ1) is 19.7. The number of amides is 2. The molecule has 2 amide bonds. The number of carbonyl (C=O) groups is 2. The van der Waals surface area contributed by atoms with Crippen LogP contribution >= 0.6 is 11.3 Å². The molecule has 1 heterocycles. The number of nitrogens with one attached hydrogen (secondary N) is 1. The molecule has 0 saturated heterocycles. The number of anilines is 2. The van der Waals surface area contributed by atoms with Crippen LogP contribution in [-0.2, 0) is 9.53 Å². The van der Waals surface area contributed by atoms with Crippen LogP contribution < -0.4 is 10.2 Å². The summed E-state index contributed by atoms with van der Waals surface area (Å²) in [6.45, 7) is -0.0452. The van der Waals surface area contributed by atoms with Crippen molar-refractivity contribution in [3.8, 4) is 0 Å².